The van der Waals surface area contributed by atoms with Crippen LogP contribution in [0.3, 0.4) is 0 Å². The molecule has 0 saturated heterocycles. The topological polar surface area (TPSA) is 54.9 Å². The first kappa shape index (κ1) is 22.9. The van der Waals surface area contributed by atoms with Gasteiger partial charge >= 0.3 is 6.18 Å². The summed E-state index contributed by atoms with van der Waals surface area (Å²) in [6, 6.07) is 8.98. The van der Waals surface area contributed by atoms with Crippen LogP contribution in [0.5, 0.6) is 11.5 Å². The number of guanidine groups is 1. The first-order valence-corrected chi connectivity index (χ1v) is 10.0. The van der Waals surface area contributed by atoms with Gasteiger partial charge in [0.1, 0.15) is 0 Å². The number of benzene rings is 1. The van der Waals surface area contributed by atoms with Crippen molar-refractivity contribution in [1.29, 1.82) is 0 Å². The highest BCUT2D eigenvalue weighted by atomic mass is 32.1. The summed E-state index contributed by atoms with van der Waals surface area (Å²) in [5, 5.41) is 8.56. The van der Waals surface area contributed by atoms with Gasteiger partial charge in [0.05, 0.1) is 7.11 Å². The van der Waals surface area contributed by atoms with E-state index in [9.17, 15) is 13.2 Å². The molecule has 0 radical (unpaired) electrons. The van der Waals surface area contributed by atoms with Crippen molar-refractivity contribution in [3.63, 3.8) is 0 Å². The molecule has 5 nitrogen and oxygen atoms in total. The molecule has 0 spiro atoms. The highest BCUT2D eigenvalue weighted by Gasteiger charge is 2.29. The maximum absolute atomic E-state index is 12.3. The molecule has 0 aliphatic carbocycles. The summed E-state index contributed by atoms with van der Waals surface area (Å²) in [4.78, 5) is 5.55. The highest BCUT2D eigenvalue weighted by Crippen LogP contribution is 2.29. The molecular formula is C20H26F3N3O2S. The molecule has 1 aromatic carbocycles. The SMILES string of the molecule is CN=C(NCc1ccc(OCC(F)(F)F)c(OC)c1)NCC(C)Cc1cccs1. The largest absolute Gasteiger partial charge is 0.493 e. The average Bonchev–Trinajstić information content (AvgIpc) is 3.19. The van der Waals surface area contributed by atoms with Crippen molar-refractivity contribution in [3.8, 4) is 11.5 Å². The van der Waals surface area contributed by atoms with Gasteiger partial charge in [0.15, 0.2) is 24.1 Å². The number of alkyl halides is 3. The number of halogens is 3. The van der Waals surface area contributed by atoms with Gasteiger partial charge in [0.2, 0.25) is 0 Å². The molecule has 160 valence electrons. The molecule has 2 aromatic rings. The molecule has 0 fully saturated rings. The number of hydrogen-bond donors (Lipinski definition) is 2. The minimum absolute atomic E-state index is 0.0542. The summed E-state index contributed by atoms with van der Waals surface area (Å²) < 4.78 is 47.0. The van der Waals surface area contributed by atoms with E-state index in [0.717, 1.165) is 18.5 Å². The maximum Gasteiger partial charge on any atom is 0.422 e. The summed E-state index contributed by atoms with van der Waals surface area (Å²) >= 11 is 1.75. The van der Waals surface area contributed by atoms with Gasteiger partial charge in [-0.25, -0.2) is 0 Å². The smallest absolute Gasteiger partial charge is 0.422 e. The molecule has 0 amide bonds. The van der Waals surface area contributed by atoms with Crippen LogP contribution in [-0.2, 0) is 13.0 Å². The summed E-state index contributed by atoms with van der Waals surface area (Å²) in [5.41, 5.74) is 0.829. The third kappa shape index (κ3) is 8.23. The number of methoxy groups -OCH3 is 1. The van der Waals surface area contributed by atoms with Gasteiger partial charge in [0.25, 0.3) is 0 Å². The number of rotatable bonds is 9. The van der Waals surface area contributed by atoms with Crippen LogP contribution in [0, 0.1) is 5.92 Å². The lowest BCUT2D eigenvalue weighted by Gasteiger charge is -2.17. The van der Waals surface area contributed by atoms with Crippen molar-refractivity contribution in [3.05, 3.63) is 46.2 Å². The molecule has 0 aliphatic heterocycles. The third-order valence-electron chi connectivity index (χ3n) is 4.05. The zero-order valence-electron chi connectivity index (χ0n) is 16.7. The second kappa shape index (κ2) is 10.9. The number of ether oxygens (including phenoxy) is 2. The Morgan fingerprint density at radius 1 is 1.21 bits per heavy atom. The summed E-state index contributed by atoms with van der Waals surface area (Å²) in [7, 11) is 3.08. The van der Waals surface area contributed by atoms with E-state index in [1.807, 2.05) is 6.07 Å². The molecular weight excluding hydrogens is 403 g/mol. The molecule has 1 unspecified atom stereocenters. The van der Waals surface area contributed by atoms with Crippen LogP contribution in [0.25, 0.3) is 0 Å². The predicted octanol–water partition coefficient (Wildman–Crippen LogP) is 4.24. The van der Waals surface area contributed by atoms with Crippen molar-refractivity contribution in [1.82, 2.24) is 10.6 Å². The summed E-state index contributed by atoms with van der Waals surface area (Å²) in [6.07, 6.45) is -3.40. The van der Waals surface area contributed by atoms with Crippen molar-refractivity contribution in [2.75, 3.05) is 27.3 Å². The first-order chi connectivity index (χ1) is 13.8. The minimum atomic E-state index is -4.40. The molecule has 2 rings (SSSR count). The number of hydrogen-bond acceptors (Lipinski definition) is 4. The molecule has 29 heavy (non-hydrogen) atoms. The van der Waals surface area contributed by atoms with Gasteiger partial charge in [-0.2, -0.15) is 13.2 Å². The van der Waals surface area contributed by atoms with E-state index in [0.29, 0.717) is 18.4 Å². The van der Waals surface area contributed by atoms with Gasteiger partial charge in [-0.15, -0.1) is 11.3 Å². The maximum atomic E-state index is 12.3. The lowest BCUT2D eigenvalue weighted by atomic mass is 10.1. The Hall–Kier alpha value is -2.42. The van der Waals surface area contributed by atoms with E-state index < -0.39 is 12.8 Å². The van der Waals surface area contributed by atoms with Crippen molar-refractivity contribution in [2.45, 2.75) is 26.1 Å². The van der Waals surface area contributed by atoms with Crippen molar-refractivity contribution < 1.29 is 22.6 Å². The van der Waals surface area contributed by atoms with Gasteiger partial charge in [-0.1, -0.05) is 19.1 Å². The van der Waals surface area contributed by atoms with E-state index in [1.165, 1.54) is 18.1 Å². The van der Waals surface area contributed by atoms with Crippen molar-refractivity contribution in [2.24, 2.45) is 10.9 Å². The number of thiophene rings is 1. The quantitative estimate of drug-likeness (QED) is 0.462. The van der Waals surface area contributed by atoms with E-state index in [4.69, 9.17) is 9.47 Å². The van der Waals surface area contributed by atoms with E-state index in [2.05, 4.69) is 34.0 Å². The zero-order chi connectivity index (χ0) is 21.3. The van der Waals surface area contributed by atoms with Crippen LogP contribution >= 0.6 is 11.3 Å². The molecule has 1 aromatic heterocycles. The molecule has 2 N–H and O–H groups in total. The van der Waals surface area contributed by atoms with Crippen LogP contribution in [0.1, 0.15) is 17.4 Å². The lowest BCUT2D eigenvalue weighted by Crippen LogP contribution is -2.39. The van der Waals surface area contributed by atoms with E-state index >= 15 is 0 Å². The Labute approximate surface area is 172 Å². The van der Waals surface area contributed by atoms with Gasteiger partial charge in [0, 0.05) is 25.0 Å². The van der Waals surface area contributed by atoms with E-state index in [-0.39, 0.29) is 11.5 Å². The Morgan fingerprint density at radius 3 is 2.62 bits per heavy atom. The Morgan fingerprint density at radius 2 is 2.00 bits per heavy atom. The second-order valence-corrected chi connectivity index (χ2v) is 7.62. The van der Waals surface area contributed by atoms with E-state index in [1.54, 1.807) is 30.5 Å². The first-order valence-electron chi connectivity index (χ1n) is 9.14. The van der Waals surface area contributed by atoms with Crippen LogP contribution in [0.4, 0.5) is 13.2 Å². The number of nitrogens with zero attached hydrogens (tertiary/aromatic N) is 1. The van der Waals surface area contributed by atoms with Crippen LogP contribution in [-0.4, -0.2) is 39.4 Å². The molecule has 1 atom stereocenters. The van der Waals surface area contributed by atoms with Crippen molar-refractivity contribution >= 4 is 17.3 Å². The minimum Gasteiger partial charge on any atom is -0.493 e. The fraction of sp³-hybridized carbons (Fsp3) is 0.450. The second-order valence-electron chi connectivity index (χ2n) is 6.58. The summed E-state index contributed by atoms with van der Waals surface area (Å²) in [5.74, 6) is 1.40. The lowest BCUT2D eigenvalue weighted by molar-refractivity contribution is -0.153. The predicted molar refractivity (Wildman–Crippen MR) is 110 cm³/mol. The van der Waals surface area contributed by atoms with Gasteiger partial charge in [-0.05, 0) is 41.5 Å². The highest BCUT2D eigenvalue weighted by molar-refractivity contribution is 7.09. The molecule has 0 saturated carbocycles. The van der Waals surface area contributed by atoms with Crippen LogP contribution in [0.2, 0.25) is 0 Å². The van der Waals surface area contributed by atoms with Crippen LogP contribution < -0.4 is 20.1 Å². The summed E-state index contributed by atoms with van der Waals surface area (Å²) in [6.45, 7) is 2.02. The molecule has 9 heteroatoms. The molecule has 0 aliphatic rings. The monoisotopic (exact) mass is 429 g/mol. The molecule has 1 heterocycles. The average molecular weight is 430 g/mol. The number of aliphatic imine (C=N–C) groups is 1. The zero-order valence-corrected chi connectivity index (χ0v) is 17.5. The normalized spacial score (nSPS) is 13.1. The Balaban J connectivity index is 1.85. The van der Waals surface area contributed by atoms with Gasteiger partial charge < -0.3 is 20.1 Å². The fourth-order valence-electron chi connectivity index (χ4n) is 2.62. The Bertz CT molecular complexity index is 780. The van der Waals surface area contributed by atoms with Crippen LogP contribution in [0.15, 0.2) is 40.7 Å². The fourth-order valence-corrected chi connectivity index (χ4v) is 3.49. The Kier molecular flexibility index (Phi) is 8.63. The number of nitrogens with one attached hydrogen (secondary N) is 2. The standard InChI is InChI=1S/C20H26F3N3O2S/c1-14(9-16-5-4-8-29-16)11-25-19(24-2)26-12-15-6-7-17(18(10-15)27-3)28-13-20(21,22)23/h4-8,10,14H,9,11-13H2,1-3H3,(H2,24,25,26). The van der Waals surface area contributed by atoms with Gasteiger partial charge in [-0.3, -0.25) is 4.99 Å². The molecule has 0 bridgehead atoms. The third-order valence-corrected chi connectivity index (χ3v) is 4.95.